The second-order valence-electron chi connectivity index (χ2n) is 7.28. The molecule has 0 aromatic rings. The van der Waals surface area contributed by atoms with Crippen molar-refractivity contribution in [3.63, 3.8) is 0 Å². The Morgan fingerprint density at radius 2 is 1.16 bits per heavy atom. The summed E-state index contributed by atoms with van der Waals surface area (Å²) in [5, 5.41) is 0. The monoisotopic (exact) mass is 468 g/mol. The summed E-state index contributed by atoms with van der Waals surface area (Å²) in [4.78, 5) is 12.4. The summed E-state index contributed by atoms with van der Waals surface area (Å²) >= 11 is 0. The van der Waals surface area contributed by atoms with Crippen LogP contribution in [-0.4, -0.2) is 131 Å². The number of carbonyl (C=O) groups is 1. The zero-order valence-electron chi connectivity index (χ0n) is 19.9. The summed E-state index contributed by atoms with van der Waals surface area (Å²) in [6.07, 6.45) is -7.62. The van der Waals surface area contributed by atoms with Crippen LogP contribution in [0, 0.1) is 0 Å². The molecule has 0 spiro atoms. The predicted octanol–water partition coefficient (Wildman–Crippen LogP) is -0.638. The van der Waals surface area contributed by atoms with Crippen LogP contribution in [0.1, 0.15) is 0 Å². The average molecular weight is 468 g/mol. The van der Waals surface area contributed by atoms with E-state index >= 15 is 0 Å². The molecule has 10 atom stereocenters. The Balaban J connectivity index is 2.38. The van der Waals surface area contributed by atoms with Crippen molar-refractivity contribution >= 4 is 5.97 Å². The highest BCUT2D eigenvalue weighted by atomic mass is 16.8. The van der Waals surface area contributed by atoms with Gasteiger partial charge in [0.1, 0.15) is 42.7 Å². The molecule has 0 saturated carbocycles. The quantitative estimate of drug-likeness (QED) is 0.359. The minimum Gasteiger partial charge on any atom is -0.467 e. The lowest BCUT2D eigenvalue weighted by Crippen LogP contribution is -2.66. The minimum atomic E-state index is -1.11. The minimum absolute atomic E-state index is 0.181. The van der Waals surface area contributed by atoms with Crippen LogP contribution in [0.3, 0.4) is 0 Å². The van der Waals surface area contributed by atoms with Gasteiger partial charge in [-0.05, 0) is 0 Å². The second kappa shape index (κ2) is 13.1. The molecular formula is C20H36O12. The van der Waals surface area contributed by atoms with E-state index in [-0.39, 0.29) is 6.61 Å². The standard InChI is InChI=1S/C20H36O12/c1-22-9-10-11(12(23-2)16(26-5)19(29-8)30-10)31-20-17(27-6)14(25-4)13(24-3)15(32-20)18(21)28-7/h10-17,19-20H,9H2,1-8H3. The van der Waals surface area contributed by atoms with Crippen molar-refractivity contribution in [2.75, 3.05) is 63.5 Å². The van der Waals surface area contributed by atoms with E-state index in [1.165, 1.54) is 49.8 Å². The van der Waals surface area contributed by atoms with Gasteiger partial charge in [0.2, 0.25) is 0 Å². The molecule has 0 bridgehead atoms. The number of esters is 1. The maximum Gasteiger partial charge on any atom is 0.337 e. The lowest BCUT2D eigenvalue weighted by Gasteiger charge is -2.48. The molecule has 188 valence electrons. The number of hydrogen-bond donors (Lipinski definition) is 0. The summed E-state index contributed by atoms with van der Waals surface area (Å²) in [5.74, 6) is -0.632. The van der Waals surface area contributed by atoms with Gasteiger partial charge in [-0.25, -0.2) is 4.79 Å². The first kappa shape index (κ1) is 27.3. The van der Waals surface area contributed by atoms with Gasteiger partial charge < -0.3 is 52.1 Å². The van der Waals surface area contributed by atoms with Crippen LogP contribution in [0.4, 0.5) is 0 Å². The van der Waals surface area contributed by atoms with Crippen molar-refractivity contribution in [1.29, 1.82) is 0 Å². The SMILES string of the molecule is COCC1OC(OC)C(OC)C(OC)C1OC1OC(C(=O)OC)C(OC)C(OC)C1OC. The highest BCUT2D eigenvalue weighted by molar-refractivity contribution is 5.75. The van der Waals surface area contributed by atoms with Gasteiger partial charge >= 0.3 is 5.97 Å². The number of carbonyl (C=O) groups excluding carboxylic acids is 1. The van der Waals surface area contributed by atoms with Crippen LogP contribution < -0.4 is 0 Å². The molecule has 0 aromatic carbocycles. The first-order chi connectivity index (χ1) is 15.4. The van der Waals surface area contributed by atoms with Gasteiger partial charge in [-0.3, -0.25) is 0 Å². The van der Waals surface area contributed by atoms with Gasteiger partial charge in [-0.1, -0.05) is 0 Å². The molecule has 2 aliphatic rings. The summed E-state index contributed by atoms with van der Waals surface area (Å²) in [6.45, 7) is 0.181. The lowest BCUT2D eigenvalue weighted by atomic mass is 9.96. The fraction of sp³-hybridized carbons (Fsp3) is 0.950. The molecule has 12 nitrogen and oxygen atoms in total. The summed E-state index contributed by atoms with van der Waals surface area (Å²) in [5.41, 5.74) is 0. The summed E-state index contributed by atoms with van der Waals surface area (Å²) in [7, 11) is 11.8. The Hall–Kier alpha value is -0.930. The van der Waals surface area contributed by atoms with Crippen LogP contribution >= 0.6 is 0 Å². The molecule has 2 fully saturated rings. The summed E-state index contributed by atoms with van der Waals surface area (Å²) in [6, 6.07) is 0. The van der Waals surface area contributed by atoms with Crippen molar-refractivity contribution in [2.45, 2.75) is 61.4 Å². The predicted molar refractivity (Wildman–Crippen MR) is 107 cm³/mol. The molecule has 32 heavy (non-hydrogen) atoms. The van der Waals surface area contributed by atoms with Gasteiger partial charge in [0.05, 0.1) is 13.7 Å². The van der Waals surface area contributed by atoms with Crippen molar-refractivity contribution in [1.82, 2.24) is 0 Å². The number of methoxy groups -OCH3 is 8. The zero-order valence-corrected chi connectivity index (χ0v) is 19.9. The maximum atomic E-state index is 12.4. The highest BCUT2D eigenvalue weighted by Crippen LogP contribution is 2.34. The molecule has 2 heterocycles. The van der Waals surface area contributed by atoms with Gasteiger partial charge in [-0.2, -0.15) is 0 Å². The Kier molecular flexibility index (Phi) is 11.2. The number of hydrogen-bond acceptors (Lipinski definition) is 12. The van der Waals surface area contributed by atoms with Crippen LogP contribution in [0.2, 0.25) is 0 Å². The van der Waals surface area contributed by atoms with Crippen molar-refractivity contribution < 1.29 is 56.9 Å². The average Bonchev–Trinajstić information content (AvgIpc) is 2.82. The Bertz CT molecular complexity index is 563. The Morgan fingerprint density at radius 3 is 1.62 bits per heavy atom. The number of rotatable bonds is 11. The van der Waals surface area contributed by atoms with Crippen LogP contribution in [0.5, 0.6) is 0 Å². The number of ether oxygens (including phenoxy) is 11. The molecule has 12 heteroatoms. The molecule has 2 aliphatic heterocycles. The maximum absolute atomic E-state index is 12.4. The van der Waals surface area contributed by atoms with E-state index in [0.29, 0.717) is 0 Å². The van der Waals surface area contributed by atoms with E-state index in [4.69, 9.17) is 52.1 Å². The van der Waals surface area contributed by atoms with Gasteiger partial charge in [0.15, 0.2) is 18.7 Å². The molecule has 0 N–H and O–H groups in total. The molecule has 0 aliphatic carbocycles. The largest absolute Gasteiger partial charge is 0.467 e. The van der Waals surface area contributed by atoms with Crippen LogP contribution in [0.15, 0.2) is 0 Å². The highest BCUT2D eigenvalue weighted by Gasteiger charge is 2.54. The molecule has 10 unspecified atom stereocenters. The van der Waals surface area contributed by atoms with Crippen LogP contribution in [-0.2, 0) is 56.9 Å². The van der Waals surface area contributed by atoms with E-state index in [1.54, 1.807) is 7.11 Å². The van der Waals surface area contributed by atoms with Crippen molar-refractivity contribution in [3.05, 3.63) is 0 Å². The van der Waals surface area contributed by atoms with Crippen molar-refractivity contribution in [2.24, 2.45) is 0 Å². The molecule has 0 amide bonds. The third-order valence-electron chi connectivity index (χ3n) is 5.73. The van der Waals surface area contributed by atoms with Crippen LogP contribution in [0.25, 0.3) is 0 Å². The van der Waals surface area contributed by atoms with Gasteiger partial charge in [0.25, 0.3) is 0 Å². The van der Waals surface area contributed by atoms with Gasteiger partial charge in [0, 0.05) is 49.8 Å². The topological polar surface area (TPSA) is 119 Å². The molecule has 0 radical (unpaired) electrons. The first-order valence-electron chi connectivity index (χ1n) is 10.2. The zero-order chi connectivity index (χ0) is 23.8. The molecule has 2 rings (SSSR count). The van der Waals surface area contributed by atoms with E-state index < -0.39 is 67.4 Å². The molecular weight excluding hydrogens is 432 g/mol. The van der Waals surface area contributed by atoms with E-state index in [2.05, 4.69) is 0 Å². The van der Waals surface area contributed by atoms with Crippen molar-refractivity contribution in [3.8, 4) is 0 Å². The smallest absolute Gasteiger partial charge is 0.337 e. The Labute approximate surface area is 188 Å². The molecule has 0 aromatic heterocycles. The fourth-order valence-electron chi connectivity index (χ4n) is 4.20. The van der Waals surface area contributed by atoms with E-state index in [1.807, 2.05) is 0 Å². The summed E-state index contributed by atoms with van der Waals surface area (Å²) < 4.78 is 61.9. The molecule has 2 saturated heterocycles. The third kappa shape index (κ3) is 5.58. The Morgan fingerprint density at radius 1 is 0.625 bits per heavy atom. The third-order valence-corrected chi connectivity index (χ3v) is 5.73. The van der Waals surface area contributed by atoms with Gasteiger partial charge in [-0.15, -0.1) is 0 Å². The fourth-order valence-corrected chi connectivity index (χ4v) is 4.20. The van der Waals surface area contributed by atoms with E-state index in [9.17, 15) is 4.79 Å². The normalized spacial score (nSPS) is 40.2. The lowest BCUT2D eigenvalue weighted by molar-refractivity contribution is -0.361. The first-order valence-corrected chi connectivity index (χ1v) is 10.2. The second-order valence-corrected chi connectivity index (χ2v) is 7.28. The van der Waals surface area contributed by atoms with E-state index in [0.717, 1.165) is 0 Å².